The standard InChI is InChI=1S/C12H13BrClNO4S/c1-15-6-8(5-10(15)12(16)17)20(18,19)11-3-2-7(13)4-9(11)14/h2-4,8,10H,5-6H2,1H3,(H,16,17)/t8-,10+/m1/s1. The molecule has 8 heteroatoms. The Bertz CT molecular complexity index is 649. The van der Waals surface area contributed by atoms with Crippen molar-refractivity contribution in [2.45, 2.75) is 22.6 Å². The van der Waals surface area contributed by atoms with E-state index in [9.17, 15) is 13.2 Å². The number of hydrogen-bond donors (Lipinski definition) is 1. The van der Waals surface area contributed by atoms with Crippen LogP contribution in [0.15, 0.2) is 27.6 Å². The first-order chi connectivity index (χ1) is 9.23. The molecule has 1 heterocycles. The Labute approximate surface area is 130 Å². The van der Waals surface area contributed by atoms with E-state index < -0.39 is 27.1 Å². The van der Waals surface area contributed by atoms with Crippen LogP contribution in [-0.4, -0.2) is 49.3 Å². The van der Waals surface area contributed by atoms with Gasteiger partial charge in [0.05, 0.1) is 15.2 Å². The molecule has 110 valence electrons. The molecule has 5 nitrogen and oxygen atoms in total. The predicted octanol–water partition coefficient (Wildman–Crippen LogP) is 2.03. The molecular formula is C12H13BrClNO4S. The zero-order chi connectivity index (χ0) is 15.1. The highest BCUT2D eigenvalue weighted by atomic mass is 79.9. The molecule has 2 atom stereocenters. The number of aliphatic carboxylic acids is 1. The zero-order valence-corrected chi connectivity index (χ0v) is 13.7. The van der Waals surface area contributed by atoms with Crippen molar-refractivity contribution in [2.24, 2.45) is 0 Å². The minimum atomic E-state index is -3.64. The Kier molecular flexibility index (Phi) is 4.44. The number of rotatable bonds is 3. The molecule has 0 aliphatic carbocycles. The van der Waals surface area contributed by atoms with Gasteiger partial charge in [0.2, 0.25) is 0 Å². The largest absolute Gasteiger partial charge is 0.480 e. The summed E-state index contributed by atoms with van der Waals surface area (Å²) in [5, 5.41) is 8.44. The number of halogens is 2. The van der Waals surface area contributed by atoms with Crippen LogP contribution in [0.5, 0.6) is 0 Å². The summed E-state index contributed by atoms with van der Waals surface area (Å²) in [6, 6.07) is 3.79. The first-order valence-corrected chi connectivity index (χ1v) is 8.57. The van der Waals surface area contributed by atoms with Crippen LogP contribution in [0.3, 0.4) is 0 Å². The number of sulfone groups is 1. The molecule has 1 aliphatic rings. The van der Waals surface area contributed by atoms with Gasteiger partial charge in [0.25, 0.3) is 0 Å². The maximum Gasteiger partial charge on any atom is 0.320 e. The summed E-state index contributed by atoms with van der Waals surface area (Å²) in [5.74, 6) is -1.01. The average Bonchev–Trinajstić information content (AvgIpc) is 2.71. The third-order valence-electron chi connectivity index (χ3n) is 3.43. The number of hydrogen-bond acceptors (Lipinski definition) is 4. The smallest absolute Gasteiger partial charge is 0.320 e. The van der Waals surface area contributed by atoms with Gasteiger partial charge in [-0.25, -0.2) is 8.42 Å². The second-order valence-electron chi connectivity index (χ2n) is 4.77. The summed E-state index contributed by atoms with van der Waals surface area (Å²) in [7, 11) is -2.03. The number of carbonyl (C=O) groups is 1. The van der Waals surface area contributed by atoms with Gasteiger partial charge in [0, 0.05) is 11.0 Å². The summed E-state index contributed by atoms with van der Waals surface area (Å²) >= 11 is 9.21. The van der Waals surface area contributed by atoms with Crippen molar-refractivity contribution in [3.8, 4) is 0 Å². The Balaban J connectivity index is 2.35. The molecule has 2 rings (SSSR count). The van der Waals surface area contributed by atoms with Crippen molar-refractivity contribution in [3.05, 3.63) is 27.7 Å². The molecule has 0 saturated carbocycles. The fourth-order valence-electron chi connectivity index (χ4n) is 2.35. The molecule has 0 bridgehead atoms. The lowest BCUT2D eigenvalue weighted by molar-refractivity contribution is -0.141. The second-order valence-corrected chi connectivity index (χ2v) is 8.29. The monoisotopic (exact) mass is 381 g/mol. The quantitative estimate of drug-likeness (QED) is 0.866. The summed E-state index contributed by atoms with van der Waals surface area (Å²) in [6.45, 7) is 0.186. The van der Waals surface area contributed by atoms with Crippen molar-refractivity contribution in [1.82, 2.24) is 4.90 Å². The normalized spacial score (nSPS) is 23.9. The lowest BCUT2D eigenvalue weighted by Crippen LogP contribution is -2.32. The SMILES string of the molecule is CN1C[C@H](S(=O)(=O)c2ccc(Br)cc2Cl)C[C@H]1C(=O)O. The lowest BCUT2D eigenvalue weighted by atomic mass is 10.2. The van der Waals surface area contributed by atoms with Gasteiger partial charge in [-0.1, -0.05) is 27.5 Å². The molecule has 1 N–H and O–H groups in total. The summed E-state index contributed by atoms with van der Waals surface area (Å²) in [4.78, 5) is 12.7. The number of likely N-dealkylation sites (tertiary alicyclic amines) is 1. The van der Waals surface area contributed by atoms with E-state index in [0.717, 1.165) is 0 Å². The third-order valence-corrected chi connectivity index (χ3v) is 6.54. The van der Waals surface area contributed by atoms with Crippen LogP contribution < -0.4 is 0 Å². The van der Waals surface area contributed by atoms with Crippen molar-refractivity contribution in [2.75, 3.05) is 13.6 Å². The highest BCUT2D eigenvalue weighted by molar-refractivity contribution is 9.10. The molecule has 1 fully saturated rings. The van der Waals surface area contributed by atoms with E-state index in [1.807, 2.05) is 0 Å². The van der Waals surface area contributed by atoms with Crippen molar-refractivity contribution in [1.29, 1.82) is 0 Å². The summed E-state index contributed by atoms with van der Waals surface area (Å²) < 4.78 is 25.8. The second kappa shape index (κ2) is 5.63. The van der Waals surface area contributed by atoms with Gasteiger partial charge in [0.1, 0.15) is 6.04 Å². The Morgan fingerprint density at radius 1 is 1.50 bits per heavy atom. The number of likely N-dealkylation sites (N-methyl/N-ethyl adjacent to an activating group) is 1. The number of benzene rings is 1. The van der Waals surface area contributed by atoms with E-state index in [0.29, 0.717) is 4.47 Å². The van der Waals surface area contributed by atoms with Crippen LogP contribution in [-0.2, 0) is 14.6 Å². The van der Waals surface area contributed by atoms with Crippen LogP contribution in [0.2, 0.25) is 5.02 Å². The average molecular weight is 383 g/mol. The van der Waals surface area contributed by atoms with Gasteiger partial charge in [-0.3, -0.25) is 9.69 Å². The van der Waals surface area contributed by atoms with Gasteiger partial charge in [0.15, 0.2) is 9.84 Å². The maximum absolute atomic E-state index is 12.6. The molecule has 1 saturated heterocycles. The topological polar surface area (TPSA) is 74.7 Å². The van der Waals surface area contributed by atoms with E-state index in [1.165, 1.54) is 17.0 Å². The van der Waals surface area contributed by atoms with Crippen LogP contribution in [0.1, 0.15) is 6.42 Å². The first-order valence-electron chi connectivity index (χ1n) is 5.85. The van der Waals surface area contributed by atoms with Crippen LogP contribution in [0, 0.1) is 0 Å². The van der Waals surface area contributed by atoms with Crippen LogP contribution in [0.4, 0.5) is 0 Å². The van der Waals surface area contributed by atoms with Gasteiger partial charge in [-0.15, -0.1) is 0 Å². The number of nitrogens with zero attached hydrogens (tertiary/aromatic N) is 1. The van der Waals surface area contributed by atoms with Crippen LogP contribution in [0.25, 0.3) is 0 Å². The predicted molar refractivity (Wildman–Crippen MR) is 78.8 cm³/mol. The first kappa shape index (κ1) is 15.8. The van der Waals surface area contributed by atoms with E-state index in [-0.39, 0.29) is 22.9 Å². The molecule has 0 spiro atoms. The molecule has 1 aromatic rings. The van der Waals surface area contributed by atoms with Crippen molar-refractivity contribution in [3.63, 3.8) is 0 Å². The minimum Gasteiger partial charge on any atom is -0.480 e. The molecule has 0 radical (unpaired) electrons. The fraction of sp³-hybridized carbons (Fsp3) is 0.417. The number of carboxylic acid groups (broad SMARTS) is 1. The van der Waals surface area contributed by atoms with E-state index in [2.05, 4.69) is 15.9 Å². The molecule has 0 amide bonds. The Hall–Kier alpha value is -0.630. The number of carboxylic acids is 1. The van der Waals surface area contributed by atoms with E-state index in [1.54, 1.807) is 13.1 Å². The molecule has 0 unspecified atom stereocenters. The van der Waals surface area contributed by atoms with Gasteiger partial charge in [-0.05, 0) is 31.7 Å². The molecule has 1 aromatic carbocycles. The maximum atomic E-state index is 12.6. The minimum absolute atomic E-state index is 0.0480. The summed E-state index contributed by atoms with van der Waals surface area (Å²) in [5.41, 5.74) is 0. The fourth-order valence-corrected chi connectivity index (χ4v) is 5.16. The highest BCUT2D eigenvalue weighted by Crippen LogP contribution is 2.32. The molecule has 1 aliphatic heterocycles. The van der Waals surface area contributed by atoms with Crippen LogP contribution >= 0.6 is 27.5 Å². The molecular weight excluding hydrogens is 370 g/mol. The van der Waals surface area contributed by atoms with E-state index in [4.69, 9.17) is 16.7 Å². The highest BCUT2D eigenvalue weighted by Gasteiger charge is 2.42. The molecule has 0 aromatic heterocycles. The van der Waals surface area contributed by atoms with Gasteiger partial charge >= 0.3 is 5.97 Å². The van der Waals surface area contributed by atoms with E-state index >= 15 is 0 Å². The van der Waals surface area contributed by atoms with Crippen molar-refractivity contribution < 1.29 is 18.3 Å². The molecule has 20 heavy (non-hydrogen) atoms. The Morgan fingerprint density at radius 3 is 2.65 bits per heavy atom. The Morgan fingerprint density at radius 2 is 2.15 bits per heavy atom. The lowest BCUT2D eigenvalue weighted by Gasteiger charge is -2.13. The van der Waals surface area contributed by atoms with Gasteiger partial charge < -0.3 is 5.11 Å². The third kappa shape index (κ3) is 2.86. The zero-order valence-electron chi connectivity index (χ0n) is 10.6. The van der Waals surface area contributed by atoms with Gasteiger partial charge in [-0.2, -0.15) is 0 Å². The van der Waals surface area contributed by atoms with Crippen molar-refractivity contribution >= 4 is 43.3 Å². The summed E-state index contributed by atoms with van der Waals surface area (Å²) in [6.07, 6.45) is 0.0700.